The van der Waals surface area contributed by atoms with Crippen LogP contribution in [0.5, 0.6) is 0 Å². The molecule has 0 aromatic carbocycles. The Labute approximate surface area is 132 Å². The SMILES string of the molecule is CCCCCCC(CCCCCC)[Si](C)(C)OP(=O)(O)O. The molecular weight excluding hydrogens is 303 g/mol. The first-order valence-electron chi connectivity index (χ1n) is 8.49. The maximum atomic E-state index is 11.2. The van der Waals surface area contributed by atoms with Crippen LogP contribution in [0.15, 0.2) is 0 Å². The number of hydrogen-bond donors (Lipinski definition) is 2. The van der Waals surface area contributed by atoms with Crippen LogP contribution in [0.1, 0.15) is 78.1 Å². The van der Waals surface area contributed by atoms with Gasteiger partial charge in [-0.05, 0) is 18.6 Å². The van der Waals surface area contributed by atoms with Crippen molar-refractivity contribution >= 4 is 16.1 Å². The Hall–Kier alpha value is 0.327. The van der Waals surface area contributed by atoms with Gasteiger partial charge in [0.05, 0.1) is 0 Å². The van der Waals surface area contributed by atoms with E-state index in [1.165, 1.54) is 38.5 Å². The van der Waals surface area contributed by atoms with Crippen molar-refractivity contribution < 1.29 is 18.6 Å². The summed E-state index contributed by atoms with van der Waals surface area (Å²) in [7, 11) is -6.72. The van der Waals surface area contributed by atoms with Crippen LogP contribution in [0.3, 0.4) is 0 Å². The maximum Gasteiger partial charge on any atom is 0.459 e. The molecule has 0 heterocycles. The summed E-state index contributed by atoms with van der Waals surface area (Å²) in [5.74, 6) is 0. The molecule has 0 aromatic heterocycles. The third kappa shape index (κ3) is 11.5. The lowest BCUT2D eigenvalue weighted by atomic mass is 10.1. The first-order chi connectivity index (χ1) is 9.73. The second-order valence-corrected chi connectivity index (χ2v) is 12.3. The van der Waals surface area contributed by atoms with E-state index in [0.717, 1.165) is 25.7 Å². The van der Waals surface area contributed by atoms with Gasteiger partial charge >= 0.3 is 7.82 Å². The topological polar surface area (TPSA) is 66.8 Å². The molecule has 0 aliphatic rings. The van der Waals surface area contributed by atoms with Gasteiger partial charge in [-0.15, -0.1) is 0 Å². The number of unbranched alkanes of at least 4 members (excludes halogenated alkanes) is 6. The van der Waals surface area contributed by atoms with Crippen molar-refractivity contribution in [2.45, 2.75) is 96.7 Å². The third-order valence-corrected chi connectivity index (χ3v) is 9.53. The van der Waals surface area contributed by atoms with Gasteiger partial charge in [0.2, 0.25) is 8.32 Å². The van der Waals surface area contributed by atoms with Crippen LogP contribution in [0.2, 0.25) is 18.6 Å². The van der Waals surface area contributed by atoms with Gasteiger partial charge in [-0.25, -0.2) is 4.57 Å². The third-order valence-electron chi connectivity index (χ3n) is 4.15. The highest BCUT2D eigenvalue weighted by atomic mass is 31.2. The highest BCUT2D eigenvalue weighted by Gasteiger charge is 2.38. The Bertz CT molecular complexity index is 292. The minimum Gasteiger partial charge on any atom is -0.330 e. The fourth-order valence-corrected chi connectivity index (χ4v) is 7.70. The molecule has 6 heteroatoms. The molecular formula is C15H35O4PSi. The average molecular weight is 339 g/mol. The van der Waals surface area contributed by atoms with Crippen molar-refractivity contribution in [3.8, 4) is 0 Å². The summed E-state index contributed by atoms with van der Waals surface area (Å²) in [5.41, 5.74) is 0.346. The molecule has 0 unspecified atom stereocenters. The van der Waals surface area contributed by atoms with Gasteiger partial charge in [-0.3, -0.25) is 0 Å². The standard InChI is InChI=1S/C15H35O4PSi/c1-5-7-9-11-13-15(14-12-10-8-6-2)21(3,4)19-20(16,17)18/h15H,5-14H2,1-4H3,(H2,16,17,18). The fourth-order valence-electron chi connectivity index (χ4n) is 2.86. The van der Waals surface area contributed by atoms with Gasteiger partial charge in [-0.1, -0.05) is 78.1 Å². The summed E-state index contributed by atoms with van der Waals surface area (Å²) in [5, 5.41) is 0. The van der Waals surface area contributed by atoms with Crippen molar-refractivity contribution in [1.82, 2.24) is 0 Å². The minimum absolute atomic E-state index is 0.346. The van der Waals surface area contributed by atoms with Crippen LogP contribution in [0, 0.1) is 0 Å². The van der Waals surface area contributed by atoms with E-state index in [1.54, 1.807) is 0 Å². The average Bonchev–Trinajstić information content (AvgIpc) is 2.33. The zero-order valence-electron chi connectivity index (χ0n) is 14.3. The van der Waals surface area contributed by atoms with Crippen LogP contribution in [0.4, 0.5) is 0 Å². The molecule has 0 aliphatic carbocycles. The summed E-state index contributed by atoms with van der Waals surface area (Å²) in [6.45, 7) is 8.29. The van der Waals surface area contributed by atoms with Gasteiger partial charge < -0.3 is 14.0 Å². The molecule has 21 heavy (non-hydrogen) atoms. The predicted octanol–water partition coefficient (Wildman–Crippen LogP) is 5.61. The normalized spacial score (nSPS) is 13.1. The number of rotatable bonds is 13. The summed E-state index contributed by atoms with van der Waals surface area (Å²) in [6, 6.07) is 0. The lowest BCUT2D eigenvalue weighted by Gasteiger charge is -2.32. The highest BCUT2D eigenvalue weighted by Crippen LogP contribution is 2.46. The van der Waals surface area contributed by atoms with E-state index in [-0.39, 0.29) is 0 Å². The van der Waals surface area contributed by atoms with Crippen molar-refractivity contribution in [3.63, 3.8) is 0 Å². The predicted molar refractivity (Wildman–Crippen MR) is 91.9 cm³/mol. The van der Waals surface area contributed by atoms with Gasteiger partial charge in [0, 0.05) is 0 Å². The fraction of sp³-hybridized carbons (Fsp3) is 1.00. The van der Waals surface area contributed by atoms with Crippen LogP contribution in [-0.2, 0) is 8.78 Å². The van der Waals surface area contributed by atoms with E-state index in [1.807, 2.05) is 13.1 Å². The molecule has 0 rings (SSSR count). The Morgan fingerprint density at radius 2 is 1.33 bits per heavy atom. The molecule has 0 aliphatic heterocycles. The Kier molecular flexibility index (Phi) is 11.1. The second kappa shape index (κ2) is 11.0. The van der Waals surface area contributed by atoms with Gasteiger partial charge in [-0.2, -0.15) is 0 Å². The van der Waals surface area contributed by atoms with Crippen LogP contribution in [0.25, 0.3) is 0 Å². The molecule has 0 spiro atoms. The van der Waals surface area contributed by atoms with E-state index >= 15 is 0 Å². The summed E-state index contributed by atoms with van der Waals surface area (Å²) in [6.07, 6.45) is 11.7. The molecule has 0 radical (unpaired) electrons. The Balaban J connectivity index is 4.48. The highest BCUT2D eigenvalue weighted by molar-refractivity contribution is 7.48. The maximum absolute atomic E-state index is 11.2. The molecule has 0 fully saturated rings. The quantitative estimate of drug-likeness (QED) is 0.260. The first-order valence-corrected chi connectivity index (χ1v) is 13.0. The van der Waals surface area contributed by atoms with Crippen molar-refractivity contribution in [1.29, 1.82) is 0 Å². The lowest BCUT2D eigenvalue weighted by molar-refractivity contribution is 0.275. The molecule has 2 N–H and O–H groups in total. The van der Waals surface area contributed by atoms with Crippen LogP contribution < -0.4 is 0 Å². The minimum atomic E-state index is -4.37. The molecule has 4 nitrogen and oxygen atoms in total. The Morgan fingerprint density at radius 3 is 1.67 bits per heavy atom. The summed E-state index contributed by atoms with van der Waals surface area (Å²) in [4.78, 5) is 18.3. The molecule has 0 amide bonds. The molecule has 0 saturated heterocycles. The lowest BCUT2D eigenvalue weighted by Crippen LogP contribution is -2.35. The van der Waals surface area contributed by atoms with Gasteiger partial charge in [0.15, 0.2) is 0 Å². The molecule has 0 bridgehead atoms. The van der Waals surface area contributed by atoms with Crippen LogP contribution in [-0.4, -0.2) is 18.1 Å². The van der Waals surface area contributed by atoms with Crippen molar-refractivity contribution in [2.24, 2.45) is 0 Å². The molecule has 0 aromatic rings. The van der Waals surface area contributed by atoms with Gasteiger partial charge in [0.25, 0.3) is 0 Å². The second-order valence-electron chi connectivity index (χ2n) is 6.58. The molecule has 0 atom stereocenters. The smallest absolute Gasteiger partial charge is 0.330 e. The zero-order chi connectivity index (χ0) is 16.4. The Morgan fingerprint density at radius 1 is 0.905 bits per heavy atom. The molecule has 0 saturated carbocycles. The monoisotopic (exact) mass is 338 g/mol. The summed E-state index contributed by atoms with van der Waals surface area (Å²) >= 11 is 0. The number of hydrogen-bond acceptors (Lipinski definition) is 2. The van der Waals surface area contributed by atoms with E-state index in [4.69, 9.17) is 14.0 Å². The largest absolute Gasteiger partial charge is 0.459 e. The van der Waals surface area contributed by atoms with E-state index in [2.05, 4.69) is 13.8 Å². The number of phosphoric acid groups is 1. The van der Waals surface area contributed by atoms with E-state index in [0.29, 0.717) is 5.54 Å². The zero-order valence-corrected chi connectivity index (χ0v) is 16.2. The van der Waals surface area contributed by atoms with E-state index < -0.39 is 16.1 Å². The van der Waals surface area contributed by atoms with Crippen LogP contribution >= 0.6 is 7.82 Å². The first kappa shape index (κ1) is 21.3. The van der Waals surface area contributed by atoms with E-state index in [9.17, 15) is 4.57 Å². The van der Waals surface area contributed by atoms with Crippen molar-refractivity contribution in [3.05, 3.63) is 0 Å². The van der Waals surface area contributed by atoms with Crippen molar-refractivity contribution in [2.75, 3.05) is 0 Å². The molecule has 128 valence electrons. The summed E-state index contributed by atoms with van der Waals surface area (Å²) < 4.78 is 16.4. The van der Waals surface area contributed by atoms with Gasteiger partial charge in [0.1, 0.15) is 0 Å².